The minimum atomic E-state index is 0.229. The van der Waals surface area contributed by atoms with Crippen molar-refractivity contribution >= 4 is 5.91 Å². The van der Waals surface area contributed by atoms with E-state index in [0.717, 1.165) is 12.8 Å². The van der Waals surface area contributed by atoms with Crippen molar-refractivity contribution in [2.75, 3.05) is 14.1 Å². The van der Waals surface area contributed by atoms with E-state index < -0.39 is 0 Å². The van der Waals surface area contributed by atoms with Crippen LogP contribution in [0.1, 0.15) is 123 Å². The molecule has 0 aliphatic rings. The molecule has 0 saturated heterocycles. The third kappa shape index (κ3) is 16.9. The number of rotatable bonds is 19. The number of hydrogen-bond donors (Lipinski definition) is 2. The van der Waals surface area contributed by atoms with Gasteiger partial charge in [-0.25, -0.2) is 0 Å². The van der Waals surface area contributed by atoms with E-state index in [1.54, 1.807) is 0 Å². The van der Waals surface area contributed by atoms with Crippen molar-refractivity contribution in [3.8, 4) is 0 Å². The monoisotopic (exact) mass is 369 g/mol. The fourth-order valence-corrected chi connectivity index (χ4v) is 3.58. The Labute approximate surface area is 164 Å². The highest BCUT2D eigenvalue weighted by Crippen LogP contribution is 2.13. The second kappa shape index (κ2) is 19.2. The van der Waals surface area contributed by atoms with E-state index in [0.29, 0.717) is 6.42 Å². The number of quaternary nitrogens is 1. The zero-order chi connectivity index (χ0) is 19.5. The smallest absolute Gasteiger partial charge is 0.224 e. The van der Waals surface area contributed by atoms with Crippen LogP contribution in [0.3, 0.4) is 0 Å². The van der Waals surface area contributed by atoms with Crippen LogP contribution >= 0.6 is 0 Å². The van der Waals surface area contributed by atoms with Crippen LogP contribution in [0.2, 0.25) is 0 Å². The van der Waals surface area contributed by atoms with Crippen molar-refractivity contribution in [2.45, 2.75) is 129 Å². The number of hydrogen-bond acceptors (Lipinski definition) is 1. The molecule has 156 valence electrons. The van der Waals surface area contributed by atoms with Crippen LogP contribution in [0.15, 0.2) is 0 Å². The molecule has 26 heavy (non-hydrogen) atoms. The highest BCUT2D eigenvalue weighted by Gasteiger charge is 2.14. The summed E-state index contributed by atoms with van der Waals surface area (Å²) < 4.78 is 0. The molecular weight excluding hydrogens is 320 g/mol. The molecule has 1 atom stereocenters. The molecule has 0 heterocycles. The Morgan fingerprint density at radius 2 is 1.08 bits per heavy atom. The number of carbonyl (C=O) groups excluding carboxylic acids is 1. The molecule has 0 aliphatic carbocycles. The van der Waals surface area contributed by atoms with Gasteiger partial charge in [-0.1, -0.05) is 104 Å². The number of unbranched alkanes of at least 4 members (excludes halogenated alkanes) is 14. The molecule has 0 spiro atoms. The number of amides is 1. The summed E-state index contributed by atoms with van der Waals surface area (Å²) in [6.07, 6.45) is 22.5. The zero-order valence-electron chi connectivity index (χ0n) is 18.5. The summed E-state index contributed by atoms with van der Waals surface area (Å²) in [5.41, 5.74) is 0. The summed E-state index contributed by atoms with van der Waals surface area (Å²) in [5.74, 6) is 0.229. The number of nitrogens with one attached hydrogen (secondary N) is 2. The standard InChI is InChI=1S/C23H48N2O/c1-5-7-8-9-10-11-12-13-14-15-16-17-18-19-20-21-23(26)24-22(6-2)25(3)4/h22H,5-21H2,1-4H3,(H,24,26)/p+1. The Balaban J connectivity index is 3.25. The van der Waals surface area contributed by atoms with E-state index in [9.17, 15) is 4.79 Å². The van der Waals surface area contributed by atoms with E-state index in [1.165, 1.54) is 94.8 Å². The van der Waals surface area contributed by atoms with E-state index in [4.69, 9.17) is 0 Å². The van der Waals surface area contributed by atoms with Crippen molar-refractivity contribution < 1.29 is 9.69 Å². The SMILES string of the molecule is CCCCCCCCCCCCCCCCCC(=O)NC(CC)[NH+](C)C. The van der Waals surface area contributed by atoms with E-state index in [1.807, 2.05) is 0 Å². The minimum absolute atomic E-state index is 0.229. The molecule has 0 aromatic heterocycles. The van der Waals surface area contributed by atoms with Crippen LogP contribution < -0.4 is 10.2 Å². The van der Waals surface area contributed by atoms with Gasteiger partial charge in [-0.2, -0.15) is 0 Å². The van der Waals surface area contributed by atoms with Gasteiger partial charge in [-0.05, 0) is 6.42 Å². The summed E-state index contributed by atoms with van der Waals surface area (Å²) in [5, 5.41) is 3.14. The van der Waals surface area contributed by atoms with Gasteiger partial charge < -0.3 is 10.2 Å². The lowest BCUT2D eigenvalue weighted by molar-refractivity contribution is -0.888. The van der Waals surface area contributed by atoms with Crippen molar-refractivity contribution in [3.63, 3.8) is 0 Å². The molecule has 0 aromatic rings. The largest absolute Gasteiger partial charge is 0.320 e. The van der Waals surface area contributed by atoms with Crippen molar-refractivity contribution in [3.05, 3.63) is 0 Å². The first kappa shape index (κ1) is 25.4. The molecule has 0 aliphatic heterocycles. The first-order valence-electron chi connectivity index (χ1n) is 11.7. The molecule has 0 rings (SSSR count). The highest BCUT2D eigenvalue weighted by atomic mass is 16.1. The van der Waals surface area contributed by atoms with Gasteiger partial charge in [0.15, 0.2) is 6.17 Å². The van der Waals surface area contributed by atoms with Crippen molar-refractivity contribution in [1.29, 1.82) is 0 Å². The molecule has 1 amide bonds. The molecule has 0 radical (unpaired) electrons. The first-order chi connectivity index (χ1) is 12.6. The Bertz CT molecular complexity index is 305. The van der Waals surface area contributed by atoms with Gasteiger partial charge >= 0.3 is 0 Å². The quantitative estimate of drug-likeness (QED) is 0.237. The van der Waals surface area contributed by atoms with Crippen LogP contribution in [-0.2, 0) is 4.79 Å². The van der Waals surface area contributed by atoms with Gasteiger partial charge in [0.1, 0.15) is 0 Å². The fraction of sp³-hybridized carbons (Fsp3) is 0.957. The second-order valence-electron chi connectivity index (χ2n) is 8.31. The predicted octanol–water partition coefficient (Wildman–Crippen LogP) is 5.24. The lowest BCUT2D eigenvalue weighted by atomic mass is 10.0. The third-order valence-corrected chi connectivity index (χ3v) is 5.45. The van der Waals surface area contributed by atoms with E-state index in [-0.39, 0.29) is 12.1 Å². The molecule has 0 aromatic carbocycles. The molecule has 0 fully saturated rings. The van der Waals surface area contributed by atoms with Gasteiger partial charge in [-0.3, -0.25) is 4.79 Å². The van der Waals surface area contributed by atoms with Gasteiger partial charge in [0.05, 0.1) is 14.1 Å². The summed E-state index contributed by atoms with van der Waals surface area (Å²) in [7, 11) is 4.20. The van der Waals surface area contributed by atoms with Crippen LogP contribution in [0.5, 0.6) is 0 Å². The average Bonchev–Trinajstić information content (AvgIpc) is 2.62. The Hall–Kier alpha value is -0.570. The predicted molar refractivity (Wildman–Crippen MR) is 115 cm³/mol. The van der Waals surface area contributed by atoms with Crippen molar-refractivity contribution in [2.24, 2.45) is 0 Å². The third-order valence-electron chi connectivity index (χ3n) is 5.45. The lowest BCUT2D eigenvalue weighted by Gasteiger charge is -2.20. The average molecular weight is 370 g/mol. The molecule has 0 saturated carbocycles. The molecule has 2 N–H and O–H groups in total. The van der Waals surface area contributed by atoms with E-state index in [2.05, 4.69) is 33.3 Å². The lowest BCUT2D eigenvalue weighted by Crippen LogP contribution is -3.12. The topological polar surface area (TPSA) is 33.5 Å². The van der Waals surface area contributed by atoms with Crippen LogP contribution in [0.4, 0.5) is 0 Å². The number of carbonyl (C=O) groups is 1. The summed E-state index contributed by atoms with van der Waals surface area (Å²) >= 11 is 0. The maximum absolute atomic E-state index is 11.9. The molecule has 0 bridgehead atoms. The Kier molecular flexibility index (Phi) is 18.8. The maximum atomic E-state index is 11.9. The summed E-state index contributed by atoms with van der Waals surface area (Å²) in [6, 6.07) is 0. The summed E-state index contributed by atoms with van der Waals surface area (Å²) in [6.45, 7) is 4.41. The first-order valence-corrected chi connectivity index (χ1v) is 11.7. The fourth-order valence-electron chi connectivity index (χ4n) is 3.58. The van der Waals surface area contributed by atoms with Crippen LogP contribution in [0, 0.1) is 0 Å². The Morgan fingerprint density at radius 3 is 1.42 bits per heavy atom. The van der Waals surface area contributed by atoms with Gasteiger partial charge in [0.2, 0.25) is 5.91 Å². The second-order valence-corrected chi connectivity index (χ2v) is 8.31. The van der Waals surface area contributed by atoms with Gasteiger partial charge in [0, 0.05) is 12.8 Å². The highest BCUT2D eigenvalue weighted by molar-refractivity contribution is 5.75. The maximum Gasteiger partial charge on any atom is 0.224 e. The minimum Gasteiger partial charge on any atom is -0.320 e. The van der Waals surface area contributed by atoms with Gasteiger partial charge in [-0.15, -0.1) is 0 Å². The Morgan fingerprint density at radius 1 is 0.692 bits per heavy atom. The van der Waals surface area contributed by atoms with Crippen LogP contribution in [-0.4, -0.2) is 26.2 Å². The summed E-state index contributed by atoms with van der Waals surface area (Å²) in [4.78, 5) is 13.2. The van der Waals surface area contributed by atoms with Crippen LogP contribution in [0.25, 0.3) is 0 Å². The molecular formula is C23H49N2O+. The molecule has 1 unspecified atom stereocenters. The molecule has 3 heteroatoms. The molecule has 3 nitrogen and oxygen atoms in total. The normalized spacial score (nSPS) is 12.5. The zero-order valence-corrected chi connectivity index (χ0v) is 18.5. The van der Waals surface area contributed by atoms with E-state index >= 15 is 0 Å². The van der Waals surface area contributed by atoms with Crippen molar-refractivity contribution in [1.82, 2.24) is 5.32 Å². The van der Waals surface area contributed by atoms with Gasteiger partial charge in [0.25, 0.3) is 0 Å².